The minimum Gasteiger partial charge on any atom is -0.334 e. The van der Waals surface area contributed by atoms with Crippen LogP contribution in [0.25, 0.3) is 11.5 Å². The average molecular weight is 282 g/mol. The summed E-state index contributed by atoms with van der Waals surface area (Å²) in [5, 5.41) is 4.23. The smallest absolute Gasteiger partial charge is 0.260 e. The van der Waals surface area contributed by atoms with Gasteiger partial charge in [0.15, 0.2) is 5.82 Å². The van der Waals surface area contributed by atoms with Crippen molar-refractivity contribution in [3.8, 4) is 11.5 Å². The van der Waals surface area contributed by atoms with E-state index in [-0.39, 0.29) is 11.5 Å². The van der Waals surface area contributed by atoms with Gasteiger partial charge < -0.3 is 10.3 Å². The maximum atomic E-state index is 13.8. The van der Waals surface area contributed by atoms with Crippen LogP contribution in [-0.4, -0.2) is 10.1 Å². The zero-order chi connectivity index (χ0) is 13.5. The number of aromatic nitrogens is 2. The monoisotopic (exact) mass is 281 g/mol. The van der Waals surface area contributed by atoms with Crippen molar-refractivity contribution < 1.29 is 8.91 Å². The SMILES string of the molecule is NC1(c2noc(-c3ccc(Cl)cc3F)n2)CCCC1. The minimum absolute atomic E-state index is 0.140. The second-order valence-electron chi connectivity index (χ2n) is 4.91. The molecule has 3 rings (SSSR count). The predicted molar refractivity (Wildman–Crippen MR) is 69.0 cm³/mol. The van der Waals surface area contributed by atoms with Crippen molar-refractivity contribution in [2.75, 3.05) is 0 Å². The molecule has 1 aromatic carbocycles. The molecular weight excluding hydrogens is 269 g/mol. The molecule has 0 amide bonds. The largest absolute Gasteiger partial charge is 0.334 e. The van der Waals surface area contributed by atoms with Crippen molar-refractivity contribution in [1.29, 1.82) is 0 Å². The van der Waals surface area contributed by atoms with E-state index in [0.29, 0.717) is 10.8 Å². The molecule has 1 fully saturated rings. The van der Waals surface area contributed by atoms with Gasteiger partial charge in [-0.1, -0.05) is 29.6 Å². The molecule has 0 atom stereocenters. The molecule has 1 heterocycles. The van der Waals surface area contributed by atoms with E-state index in [2.05, 4.69) is 10.1 Å². The lowest BCUT2D eigenvalue weighted by atomic mass is 9.99. The normalized spacial score (nSPS) is 17.8. The molecule has 19 heavy (non-hydrogen) atoms. The highest BCUT2D eigenvalue weighted by atomic mass is 35.5. The third-order valence-corrected chi connectivity index (χ3v) is 3.76. The van der Waals surface area contributed by atoms with Crippen molar-refractivity contribution in [2.24, 2.45) is 5.73 Å². The predicted octanol–water partition coefficient (Wildman–Crippen LogP) is 3.26. The van der Waals surface area contributed by atoms with Gasteiger partial charge in [0.2, 0.25) is 0 Å². The van der Waals surface area contributed by atoms with Gasteiger partial charge in [-0.15, -0.1) is 0 Å². The first kappa shape index (κ1) is 12.6. The topological polar surface area (TPSA) is 64.9 Å². The Hall–Kier alpha value is -1.46. The first-order chi connectivity index (χ1) is 9.08. The van der Waals surface area contributed by atoms with Crippen LogP contribution in [0.3, 0.4) is 0 Å². The van der Waals surface area contributed by atoms with Crippen molar-refractivity contribution in [3.63, 3.8) is 0 Å². The van der Waals surface area contributed by atoms with Crippen LogP contribution in [0.15, 0.2) is 22.7 Å². The molecular formula is C13H13ClFN3O. The van der Waals surface area contributed by atoms with Crippen LogP contribution in [0.1, 0.15) is 31.5 Å². The van der Waals surface area contributed by atoms with Crippen LogP contribution in [0.5, 0.6) is 0 Å². The highest BCUT2D eigenvalue weighted by molar-refractivity contribution is 6.30. The van der Waals surface area contributed by atoms with Crippen LogP contribution in [0.2, 0.25) is 5.02 Å². The second-order valence-corrected chi connectivity index (χ2v) is 5.35. The molecule has 100 valence electrons. The summed E-state index contributed by atoms with van der Waals surface area (Å²) in [7, 11) is 0. The molecule has 0 saturated heterocycles. The molecule has 0 unspecified atom stereocenters. The van der Waals surface area contributed by atoms with Crippen LogP contribution >= 0.6 is 11.6 Å². The number of nitrogens with two attached hydrogens (primary N) is 1. The molecule has 1 aliphatic carbocycles. The van der Waals surface area contributed by atoms with E-state index >= 15 is 0 Å². The van der Waals surface area contributed by atoms with Gasteiger partial charge >= 0.3 is 0 Å². The molecule has 2 aromatic rings. The summed E-state index contributed by atoms with van der Waals surface area (Å²) in [6.45, 7) is 0. The van der Waals surface area contributed by atoms with Crippen LogP contribution in [0.4, 0.5) is 4.39 Å². The van der Waals surface area contributed by atoms with Gasteiger partial charge in [0.05, 0.1) is 11.1 Å². The van der Waals surface area contributed by atoms with E-state index in [4.69, 9.17) is 21.9 Å². The summed E-state index contributed by atoms with van der Waals surface area (Å²) in [6.07, 6.45) is 3.76. The van der Waals surface area contributed by atoms with Crippen molar-refractivity contribution in [2.45, 2.75) is 31.2 Å². The molecule has 1 saturated carbocycles. The molecule has 1 aliphatic rings. The summed E-state index contributed by atoms with van der Waals surface area (Å²) in [5.74, 6) is 0.107. The van der Waals surface area contributed by atoms with Gasteiger partial charge in [-0.25, -0.2) is 4.39 Å². The van der Waals surface area contributed by atoms with E-state index in [9.17, 15) is 4.39 Å². The molecule has 0 bridgehead atoms. The third-order valence-electron chi connectivity index (χ3n) is 3.53. The second kappa shape index (κ2) is 4.58. The summed E-state index contributed by atoms with van der Waals surface area (Å²) in [5.41, 5.74) is 5.94. The lowest BCUT2D eigenvalue weighted by molar-refractivity contribution is 0.372. The Morgan fingerprint density at radius 2 is 2.05 bits per heavy atom. The lowest BCUT2D eigenvalue weighted by Crippen LogP contribution is -2.34. The van der Waals surface area contributed by atoms with E-state index in [1.54, 1.807) is 6.07 Å². The molecule has 6 heteroatoms. The van der Waals surface area contributed by atoms with Gasteiger partial charge in [-0.3, -0.25) is 0 Å². The van der Waals surface area contributed by atoms with E-state index in [1.807, 2.05) is 0 Å². The number of halogens is 2. The molecule has 0 radical (unpaired) electrons. The van der Waals surface area contributed by atoms with E-state index in [1.165, 1.54) is 12.1 Å². The fourth-order valence-electron chi connectivity index (χ4n) is 2.43. The number of hydrogen-bond donors (Lipinski definition) is 1. The maximum Gasteiger partial charge on any atom is 0.260 e. The summed E-state index contributed by atoms with van der Waals surface area (Å²) in [6, 6.07) is 4.32. The minimum atomic E-state index is -0.537. The quantitative estimate of drug-likeness (QED) is 0.917. The molecule has 2 N–H and O–H groups in total. The molecule has 4 nitrogen and oxygen atoms in total. The fourth-order valence-corrected chi connectivity index (χ4v) is 2.59. The number of rotatable bonds is 2. The Morgan fingerprint density at radius 3 is 2.74 bits per heavy atom. The van der Waals surface area contributed by atoms with Crippen molar-refractivity contribution in [3.05, 3.63) is 34.9 Å². The molecule has 1 aromatic heterocycles. The van der Waals surface area contributed by atoms with Gasteiger partial charge in [-0.05, 0) is 31.0 Å². The first-order valence-corrected chi connectivity index (χ1v) is 6.55. The van der Waals surface area contributed by atoms with Crippen LogP contribution in [0, 0.1) is 5.82 Å². The number of benzene rings is 1. The lowest BCUT2D eigenvalue weighted by Gasteiger charge is -2.17. The highest BCUT2D eigenvalue weighted by Crippen LogP contribution is 2.35. The molecule has 0 spiro atoms. The Morgan fingerprint density at radius 1 is 1.32 bits per heavy atom. The zero-order valence-electron chi connectivity index (χ0n) is 10.2. The summed E-state index contributed by atoms with van der Waals surface area (Å²) < 4.78 is 18.9. The van der Waals surface area contributed by atoms with Gasteiger partial charge in [0, 0.05) is 5.02 Å². The number of nitrogens with zero attached hydrogens (tertiary/aromatic N) is 2. The standard InChI is InChI=1S/C13H13ClFN3O/c14-8-3-4-9(10(15)7-8)11-17-12(18-19-11)13(16)5-1-2-6-13/h3-4,7H,1-2,5-6,16H2. The Labute approximate surface area is 114 Å². The highest BCUT2D eigenvalue weighted by Gasteiger charge is 2.36. The van der Waals surface area contributed by atoms with Crippen molar-refractivity contribution >= 4 is 11.6 Å². The fraction of sp³-hybridized carbons (Fsp3) is 0.385. The first-order valence-electron chi connectivity index (χ1n) is 6.17. The number of hydrogen-bond acceptors (Lipinski definition) is 4. The van der Waals surface area contributed by atoms with E-state index < -0.39 is 11.4 Å². The Balaban J connectivity index is 1.97. The van der Waals surface area contributed by atoms with Crippen LogP contribution < -0.4 is 5.73 Å². The molecule has 0 aliphatic heterocycles. The summed E-state index contributed by atoms with van der Waals surface area (Å²) in [4.78, 5) is 4.24. The maximum absolute atomic E-state index is 13.8. The van der Waals surface area contributed by atoms with Gasteiger partial charge in [0.1, 0.15) is 5.82 Å². The summed E-state index contributed by atoms with van der Waals surface area (Å²) >= 11 is 5.71. The average Bonchev–Trinajstić information content (AvgIpc) is 2.99. The third kappa shape index (κ3) is 2.24. The van der Waals surface area contributed by atoms with Crippen molar-refractivity contribution in [1.82, 2.24) is 10.1 Å². The Kier molecular flexibility index (Phi) is 3.03. The van der Waals surface area contributed by atoms with Gasteiger partial charge in [-0.2, -0.15) is 4.98 Å². The zero-order valence-corrected chi connectivity index (χ0v) is 11.0. The van der Waals surface area contributed by atoms with E-state index in [0.717, 1.165) is 25.7 Å². The van der Waals surface area contributed by atoms with Gasteiger partial charge in [0.25, 0.3) is 5.89 Å². The van der Waals surface area contributed by atoms with Crippen LogP contribution in [-0.2, 0) is 5.54 Å². The Bertz CT molecular complexity index is 608.